The molecular formula is C16H16ClN3O. The Balaban J connectivity index is 2.29. The van der Waals surface area contributed by atoms with Gasteiger partial charge >= 0.3 is 0 Å². The quantitative estimate of drug-likeness (QED) is 0.549. The molecule has 0 radical (unpaired) electrons. The first kappa shape index (κ1) is 13.9. The Kier molecular flexibility index (Phi) is 3.55. The fraction of sp³-hybridized carbons (Fsp3) is 0.250. The summed E-state index contributed by atoms with van der Waals surface area (Å²) in [6, 6.07) is 11.1. The van der Waals surface area contributed by atoms with Crippen LogP contribution in [0.3, 0.4) is 0 Å². The summed E-state index contributed by atoms with van der Waals surface area (Å²) in [7, 11) is 0. The van der Waals surface area contributed by atoms with Gasteiger partial charge in [-0.2, -0.15) is 9.83 Å². The summed E-state index contributed by atoms with van der Waals surface area (Å²) in [5.74, 6) is 0.419. The predicted molar refractivity (Wildman–Crippen MR) is 83.6 cm³/mol. The van der Waals surface area contributed by atoms with Gasteiger partial charge in [-0.1, -0.05) is 37.6 Å². The molecule has 0 saturated carbocycles. The molecule has 3 aromatic rings. The van der Waals surface area contributed by atoms with Crippen molar-refractivity contribution in [1.82, 2.24) is 9.78 Å². The van der Waals surface area contributed by atoms with Gasteiger partial charge in [-0.05, 0) is 24.1 Å². The smallest absolute Gasteiger partial charge is 0.265 e. The minimum atomic E-state index is 0.419. The van der Waals surface area contributed by atoms with E-state index in [0.29, 0.717) is 16.5 Å². The van der Waals surface area contributed by atoms with Gasteiger partial charge in [0.25, 0.3) is 5.52 Å². The molecule has 2 aromatic heterocycles. The third kappa shape index (κ3) is 2.47. The lowest BCUT2D eigenvalue weighted by Crippen LogP contribution is -2.26. The first-order chi connectivity index (χ1) is 10.1. The average molecular weight is 302 g/mol. The van der Waals surface area contributed by atoms with E-state index in [2.05, 4.69) is 18.9 Å². The minimum absolute atomic E-state index is 0.419. The van der Waals surface area contributed by atoms with Crippen LogP contribution in [0.4, 0.5) is 0 Å². The van der Waals surface area contributed by atoms with Crippen LogP contribution in [-0.2, 0) is 6.42 Å². The van der Waals surface area contributed by atoms with Gasteiger partial charge in [0.1, 0.15) is 11.2 Å². The summed E-state index contributed by atoms with van der Waals surface area (Å²) in [6.45, 7) is 4.22. The van der Waals surface area contributed by atoms with Crippen molar-refractivity contribution in [3.05, 3.63) is 58.5 Å². The Hall–Kier alpha value is -2.07. The monoisotopic (exact) mass is 301 g/mol. The number of fused-ring (bicyclic) bond motifs is 1. The second-order valence-corrected chi connectivity index (χ2v) is 5.88. The fourth-order valence-electron chi connectivity index (χ4n) is 2.48. The predicted octanol–water partition coefficient (Wildman–Crippen LogP) is 3.51. The lowest BCUT2D eigenvalue weighted by molar-refractivity contribution is -0.577. The van der Waals surface area contributed by atoms with Crippen LogP contribution in [0.5, 0.6) is 0 Å². The van der Waals surface area contributed by atoms with E-state index in [1.165, 1.54) is 6.20 Å². The lowest BCUT2D eigenvalue weighted by Gasteiger charge is -2.04. The normalized spacial score (nSPS) is 11.4. The molecule has 3 rings (SSSR count). The molecule has 0 bridgehead atoms. The SMILES string of the molecule is CC(C)Cc1nn(-c2ccccc2Cl)c2ccc[n+]([O-])c12. The van der Waals surface area contributed by atoms with Crippen LogP contribution in [-0.4, -0.2) is 9.78 Å². The molecule has 108 valence electrons. The summed E-state index contributed by atoms with van der Waals surface area (Å²) in [4.78, 5) is 0. The summed E-state index contributed by atoms with van der Waals surface area (Å²) >= 11 is 6.27. The van der Waals surface area contributed by atoms with E-state index in [1.54, 1.807) is 10.7 Å². The number of halogens is 1. The van der Waals surface area contributed by atoms with Crippen molar-refractivity contribution in [1.29, 1.82) is 0 Å². The lowest BCUT2D eigenvalue weighted by atomic mass is 10.1. The molecule has 0 aliphatic rings. The maximum absolute atomic E-state index is 12.1. The highest BCUT2D eigenvalue weighted by molar-refractivity contribution is 6.32. The van der Waals surface area contributed by atoms with Crippen LogP contribution < -0.4 is 4.73 Å². The standard InChI is InChI=1S/C16H16ClN3O/c1-11(2)10-13-16-15(8-5-9-19(16)21)20(18-13)14-7-4-3-6-12(14)17/h3-9,11H,10H2,1-2H3. The molecule has 0 saturated heterocycles. The van der Waals surface area contributed by atoms with Crippen LogP contribution in [0.2, 0.25) is 5.02 Å². The number of rotatable bonds is 3. The van der Waals surface area contributed by atoms with Gasteiger partial charge in [-0.25, -0.2) is 4.68 Å². The molecule has 0 aliphatic carbocycles. The zero-order chi connectivity index (χ0) is 15.0. The van der Waals surface area contributed by atoms with Gasteiger partial charge in [-0.3, -0.25) is 0 Å². The molecular weight excluding hydrogens is 286 g/mol. The van der Waals surface area contributed by atoms with E-state index in [-0.39, 0.29) is 0 Å². The minimum Gasteiger partial charge on any atom is -0.618 e. The molecule has 21 heavy (non-hydrogen) atoms. The molecule has 0 amide bonds. The van der Waals surface area contributed by atoms with Crippen molar-refractivity contribution in [2.75, 3.05) is 0 Å². The number of aromatic nitrogens is 3. The summed E-state index contributed by atoms with van der Waals surface area (Å²) in [5.41, 5.74) is 2.98. The highest BCUT2D eigenvalue weighted by Gasteiger charge is 2.20. The van der Waals surface area contributed by atoms with Gasteiger partial charge in [0.15, 0.2) is 6.20 Å². The third-order valence-electron chi connectivity index (χ3n) is 3.34. The summed E-state index contributed by atoms with van der Waals surface area (Å²) < 4.78 is 2.64. The van der Waals surface area contributed by atoms with Crippen molar-refractivity contribution in [2.45, 2.75) is 20.3 Å². The van der Waals surface area contributed by atoms with Gasteiger partial charge in [-0.15, -0.1) is 0 Å². The highest BCUT2D eigenvalue weighted by Crippen LogP contribution is 2.25. The number of hydrogen-bond acceptors (Lipinski definition) is 2. The molecule has 0 aliphatic heterocycles. The van der Waals surface area contributed by atoms with Crippen LogP contribution >= 0.6 is 11.6 Å². The molecule has 0 fully saturated rings. The first-order valence-electron chi connectivity index (χ1n) is 6.92. The Morgan fingerprint density at radius 3 is 2.71 bits per heavy atom. The average Bonchev–Trinajstić information content (AvgIpc) is 2.78. The van der Waals surface area contributed by atoms with Gasteiger partial charge in [0.2, 0.25) is 0 Å². The maximum Gasteiger partial charge on any atom is 0.265 e. The van der Waals surface area contributed by atoms with Crippen molar-refractivity contribution in [2.24, 2.45) is 5.92 Å². The van der Waals surface area contributed by atoms with Crippen LogP contribution in [0.15, 0.2) is 42.6 Å². The molecule has 0 atom stereocenters. The highest BCUT2D eigenvalue weighted by atomic mass is 35.5. The second-order valence-electron chi connectivity index (χ2n) is 5.48. The Bertz CT molecular complexity index is 795. The van der Waals surface area contributed by atoms with E-state index >= 15 is 0 Å². The molecule has 2 heterocycles. The number of nitrogens with zero attached hydrogens (tertiary/aromatic N) is 3. The van der Waals surface area contributed by atoms with Gasteiger partial charge < -0.3 is 5.21 Å². The molecule has 1 aromatic carbocycles. The second kappa shape index (κ2) is 5.37. The van der Waals surface area contributed by atoms with Crippen molar-refractivity contribution in [3.8, 4) is 5.69 Å². The summed E-state index contributed by atoms with van der Waals surface area (Å²) in [6.07, 6.45) is 2.25. The Labute approximate surface area is 128 Å². The van der Waals surface area contributed by atoms with Crippen molar-refractivity contribution >= 4 is 22.6 Å². The first-order valence-corrected chi connectivity index (χ1v) is 7.30. The molecule has 0 spiro atoms. The van der Waals surface area contributed by atoms with Crippen LogP contribution in [0, 0.1) is 11.1 Å². The number of hydrogen-bond donors (Lipinski definition) is 0. The maximum atomic E-state index is 12.1. The molecule has 5 heteroatoms. The zero-order valence-electron chi connectivity index (χ0n) is 12.0. The van der Waals surface area contributed by atoms with E-state index in [9.17, 15) is 5.21 Å². The summed E-state index contributed by atoms with van der Waals surface area (Å²) in [5, 5.41) is 17.4. The van der Waals surface area contributed by atoms with Crippen LogP contribution in [0.25, 0.3) is 16.7 Å². The number of pyridine rings is 1. The van der Waals surface area contributed by atoms with Crippen LogP contribution in [0.1, 0.15) is 19.5 Å². The Morgan fingerprint density at radius 2 is 2.00 bits per heavy atom. The fourth-order valence-corrected chi connectivity index (χ4v) is 2.69. The van der Waals surface area contributed by atoms with E-state index in [4.69, 9.17) is 11.6 Å². The van der Waals surface area contributed by atoms with E-state index in [1.807, 2.05) is 30.3 Å². The third-order valence-corrected chi connectivity index (χ3v) is 3.66. The molecule has 4 nitrogen and oxygen atoms in total. The van der Waals surface area contributed by atoms with Crippen molar-refractivity contribution < 1.29 is 4.73 Å². The van der Waals surface area contributed by atoms with Gasteiger partial charge in [0.05, 0.1) is 10.7 Å². The van der Waals surface area contributed by atoms with E-state index in [0.717, 1.165) is 28.0 Å². The number of para-hydroxylation sites is 1. The van der Waals surface area contributed by atoms with Crippen molar-refractivity contribution in [3.63, 3.8) is 0 Å². The van der Waals surface area contributed by atoms with Gasteiger partial charge in [0, 0.05) is 12.5 Å². The molecule has 0 N–H and O–H groups in total. The largest absolute Gasteiger partial charge is 0.618 e. The van der Waals surface area contributed by atoms with E-state index < -0.39 is 0 Å². The zero-order valence-corrected chi connectivity index (χ0v) is 12.7. The Morgan fingerprint density at radius 1 is 1.24 bits per heavy atom. The number of benzene rings is 1. The molecule has 0 unspecified atom stereocenters. The topological polar surface area (TPSA) is 44.8 Å².